The minimum atomic E-state index is -1.35. The minimum Gasteiger partial charge on any atom is -0.490 e. The summed E-state index contributed by atoms with van der Waals surface area (Å²) in [7, 11) is 1.29. The van der Waals surface area contributed by atoms with Crippen LogP contribution in [0, 0.1) is 10.1 Å². The van der Waals surface area contributed by atoms with Gasteiger partial charge in [0.1, 0.15) is 5.70 Å². The van der Waals surface area contributed by atoms with Crippen LogP contribution in [0.3, 0.4) is 0 Å². The van der Waals surface area contributed by atoms with Crippen LogP contribution < -0.4 is 10.1 Å². The smallest absolute Gasteiger partial charge is 0.352 e. The maximum absolute atomic E-state index is 10.9. The number of hydrogen-bond acceptors (Lipinski definition) is 5. The van der Waals surface area contributed by atoms with Crippen molar-refractivity contribution < 1.29 is 24.4 Å². The van der Waals surface area contributed by atoms with Gasteiger partial charge >= 0.3 is 11.7 Å². The number of carboxylic acids is 1. The van der Waals surface area contributed by atoms with E-state index in [0.29, 0.717) is 0 Å². The Morgan fingerprint density at radius 1 is 1.45 bits per heavy atom. The number of ether oxygens (including phenoxy) is 1. The molecule has 0 saturated carbocycles. The lowest BCUT2D eigenvalue weighted by molar-refractivity contribution is -0.385. The molecular weight excluding hydrogens is 268 g/mol. The molecule has 0 aliphatic rings. The van der Waals surface area contributed by atoms with Crippen LogP contribution in [-0.4, -0.2) is 29.0 Å². The van der Waals surface area contributed by atoms with Gasteiger partial charge in [0.05, 0.1) is 12.0 Å². The summed E-state index contributed by atoms with van der Waals surface area (Å²) in [4.78, 5) is 32.0. The van der Waals surface area contributed by atoms with Crippen LogP contribution in [0.5, 0.6) is 5.75 Å². The van der Waals surface area contributed by atoms with Crippen molar-refractivity contribution in [1.82, 2.24) is 5.32 Å². The Balaban J connectivity index is 3.25. The minimum absolute atomic E-state index is 0.0588. The zero-order chi connectivity index (χ0) is 15.3. The number of nitrogens with zero attached hydrogens (tertiary/aromatic N) is 1. The first kappa shape index (κ1) is 15.2. The molecule has 1 amide bonds. The summed E-state index contributed by atoms with van der Waals surface area (Å²) in [5.74, 6) is -1.84. The van der Waals surface area contributed by atoms with Crippen molar-refractivity contribution in [3.8, 4) is 5.75 Å². The molecule has 1 aromatic rings. The molecule has 8 heteroatoms. The number of nitro groups is 1. The number of carbonyl (C=O) groups is 2. The lowest BCUT2D eigenvalue weighted by Gasteiger charge is -2.05. The molecular formula is C12H12N2O6. The van der Waals surface area contributed by atoms with E-state index < -0.39 is 16.8 Å². The number of benzene rings is 1. The van der Waals surface area contributed by atoms with Gasteiger partial charge in [0.25, 0.3) is 0 Å². The molecule has 0 heterocycles. The van der Waals surface area contributed by atoms with Crippen molar-refractivity contribution in [3.05, 3.63) is 39.6 Å². The molecule has 0 radical (unpaired) electrons. The van der Waals surface area contributed by atoms with Crippen molar-refractivity contribution >= 4 is 23.6 Å². The fraction of sp³-hybridized carbons (Fsp3) is 0.167. The van der Waals surface area contributed by atoms with Gasteiger partial charge in [0.15, 0.2) is 5.75 Å². The first-order valence-electron chi connectivity index (χ1n) is 5.40. The van der Waals surface area contributed by atoms with Crippen molar-refractivity contribution in [2.24, 2.45) is 0 Å². The van der Waals surface area contributed by atoms with Crippen LogP contribution in [0.15, 0.2) is 23.9 Å². The van der Waals surface area contributed by atoms with E-state index >= 15 is 0 Å². The second-order valence-electron chi connectivity index (χ2n) is 3.73. The van der Waals surface area contributed by atoms with Crippen LogP contribution >= 0.6 is 0 Å². The molecule has 0 aliphatic carbocycles. The van der Waals surface area contributed by atoms with Crippen molar-refractivity contribution in [1.29, 1.82) is 0 Å². The van der Waals surface area contributed by atoms with Crippen LogP contribution in [0.1, 0.15) is 12.5 Å². The Labute approximate surface area is 113 Å². The zero-order valence-corrected chi connectivity index (χ0v) is 10.7. The molecule has 8 nitrogen and oxygen atoms in total. The molecule has 0 unspecified atom stereocenters. The third-order valence-corrected chi connectivity index (χ3v) is 2.25. The van der Waals surface area contributed by atoms with Gasteiger partial charge in [-0.2, -0.15) is 0 Å². The largest absolute Gasteiger partial charge is 0.490 e. The molecule has 1 aromatic carbocycles. The maximum atomic E-state index is 10.9. The van der Waals surface area contributed by atoms with E-state index in [1.165, 1.54) is 19.2 Å². The quantitative estimate of drug-likeness (QED) is 0.474. The van der Waals surface area contributed by atoms with E-state index in [2.05, 4.69) is 5.32 Å². The molecule has 2 N–H and O–H groups in total. The lowest BCUT2D eigenvalue weighted by atomic mass is 10.1. The predicted octanol–water partition coefficient (Wildman–Crippen LogP) is 1.17. The van der Waals surface area contributed by atoms with E-state index in [0.717, 1.165) is 19.1 Å². The molecule has 20 heavy (non-hydrogen) atoms. The Morgan fingerprint density at radius 3 is 2.55 bits per heavy atom. The van der Waals surface area contributed by atoms with E-state index in [1.54, 1.807) is 0 Å². The van der Waals surface area contributed by atoms with Gasteiger partial charge in [-0.25, -0.2) is 4.79 Å². The van der Waals surface area contributed by atoms with Gasteiger partial charge in [-0.05, 0) is 17.7 Å². The third kappa shape index (κ3) is 3.80. The summed E-state index contributed by atoms with van der Waals surface area (Å²) in [5.41, 5.74) is -0.422. The summed E-state index contributed by atoms with van der Waals surface area (Å²) < 4.78 is 4.83. The Bertz CT molecular complexity index is 594. The van der Waals surface area contributed by atoms with Gasteiger partial charge in [-0.3, -0.25) is 14.9 Å². The summed E-state index contributed by atoms with van der Waals surface area (Å²) in [6.07, 6.45) is 1.12. The Hall–Kier alpha value is -2.90. The third-order valence-electron chi connectivity index (χ3n) is 2.25. The maximum Gasteiger partial charge on any atom is 0.352 e. The standard InChI is InChI=1S/C12H12N2O6/c1-7(15)13-9(12(16)17)5-8-3-4-11(20-2)10(6-8)14(18)19/h3-6H,1-2H3,(H,13,15)(H,16,17). The van der Waals surface area contributed by atoms with Gasteiger partial charge in [0, 0.05) is 13.0 Å². The molecule has 0 aliphatic heterocycles. The number of nitrogens with one attached hydrogen (secondary N) is 1. The summed E-state index contributed by atoms with van der Waals surface area (Å²) >= 11 is 0. The summed E-state index contributed by atoms with van der Waals surface area (Å²) in [5, 5.41) is 21.9. The zero-order valence-electron chi connectivity index (χ0n) is 10.7. The lowest BCUT2D eigenvalue weighted by Crippen LogP contribution is -2.24. The fourth-order valence-electron chi connectivity index (χ4n) is 1.45. The van der Waals surface area contributed by atoms with Crippen LogP contribution in [-0.2, 0) is 9.59 Å². The molecule has 0 bridgehead atoms. The second-order valence-corrected chi connectivity index (χ2v) is 3.73. The van der Waals surface area contributed by atoms with E-state index in [9.17, 15) is 19.7 Å². The Kier molecular flexibility index (Phi) is 4.79. The SMILES string of the molecule is COc1ccc(C=C(NC(C)=O)C(=O)O)cc1[N+](=O)[O-]. The van der Waals surface area contributed by atoms with Crippen molar-refractivity contribution in [2.45, 2.75) is 6.92 Å². The second kappa shape index (κ2) is 6.32. The molecule has 0 spiro atoms. The average molecular weight is 280 g/mol. The van der Waals surface area contributed by atoms with Gasteiger partial charge in [0.2, 0.25) is 5.91 Å². The van der Waals surface area contributed by atoms with Crippen LogP contribution in [0.4, 0.5) is 5.69 Å². The molecule has 106 valence electrons. The van der Waals surface area contributed by atoms with E-state index in [4.69, 9.17) is 9.84 Å². The molecule has 0 saturated heterocycles. The summed E-state index contributed by atoms with van der Waals surface area (Å²) in [6.45, 7) is 1.16. The number of methoxy groups -OCH3 is 1. The first-order valence-corrected chi connectivity index (χ1v) is 5.40. The highest BCUT2D eigenvalue weighted by Gasteiger charge is 2.16. The number of carbonyl (C=O) groups excluding carboxylic acids is 1. The van der Waals surface area contributed by atoms with Gasteiger partial charge < -0.3 is 15.2 Å². The van der Waals surface area contributed by atoms with E-state index in [-0.39, 0.29) is 22.7 Å². The number of amides is 1. The fourth-order valence-corrected chi connectivity index (χ4v) is 1.45. The number of nitro benzene ring substituents is 1. The monoisotopic (exact) mass is 280 g/mol. The van der Waals surface area contributed by atoms with Crippen LogP contribution in [0.25, 0.3) is 6.08 Å². The highest BCUT2D eigenvalue weighted by molar-refractivity contribution is 5.96. The number of carboxylic acid groups (broad SMARTS) is 1. The molecule has 1 rings (SSSR count). The van der Waals surface area contributed by atoms with Crippen molar-refractivity contribution in [3.63, 3.8) is 0 Å². The number of rotatable bonds is 5. The van der Waals surface area contributed by atoms with Crippen molar-refractivity contribution in [2.75, 3.05) is 7.11 Å². The normalized spacial score (nSPS) is 10.8. The van der Waals surface area contributed by atoms with Crippen LogP contribution in [0.2, 0.25) is 0 Å². The highest BCUT2D eigenvalue weighted by atomic mass is 16.6. The molecule has 0 atom stereocenters. The highest BCUT2D eigenvalue weighted by Crippen LogP contribution is 2.28. The van der Waals surface area contributed by atoms with Gasteiger partial charge in [-0.1, -0.05) is 6.07 Å². The average Bonchev–Trinajstić information content (AvgIpc) is 2.37. The molecule has 0 fully saturated rings. The van der Waals surface area contributed by atoms with Gasteiger partial charge in [-0.15, -0.1) is 0 Å². The molecule has 0 aromatic heterocycles. The Morgan fingerprint density at radius 2 is 2.10 bits per heavy atom. The number of aliphatic carboxylic acids is 1. The topological polar surface area (TPSA) is 119 Å². The first-order chi connectivity index (χ1) is 9.35. The predicted molar refractivity (Wildman–Crippen MR) is 69.1 cm³/mol. The number of hydrogen-bond donors (Lipinski definition) is 2. The van der Waals surface area contributed by atoms with E-state index in [1.807, 2.05) is 0 Å². The summed E-state index contributed by atoms with van der Waals surface area (Å²) in [6, 6.07) is 3.94.